The summed E-state index contributed by atoms with van der Waals surface area (Å²) in [6.45, 7) is 3.70. The Labute approximate surface area is 125 Å². The Balaban J connectivity index is 1.91. The van der Waals surface area contributed by atoms with Gasteiger partial charge in [-0.25, -0.2) is 0 Å². The number of hydrogen-bond acceptors (Lipinski definition) is 2. The Hall–Kier alpha value is -1.81. The van der Waals surface area contributed by atoms with Crippen molar-refractivity contribution in [2.24, 2.45) is 0 Å². The third kappa shape index (κ3) is 3.45. The Morgan fingerprint density at radius 3 is 2.76 bits per heavy atom. The molecule has 0 saturated carbocycles. The van der Waals surface area contributed by atoms with Crippen LogP contribution in [0.3, 0.4) is 0 Å². The first-order valence-electron chi connectivity index (χ1n) is 7.38. The molecular formula is C17H24N2O2. The molecule has 0 spiro atoms. The summed E-state index contributed by atoms with van der Waals surface area (Å²) in [5, 5.41) is 10.5. The van der Waals surface area contributed by atoms with Crippen molar-refractivity contribution < 1.29 is 9.90 Å². The zero-order valence-electron chi connectivity index (χ0n) is 13.0. The van der Waals surface area contributed by atoms with Gasteiger partial charge in [0.1, 0.15) is 0 Å². The first-order chi connectivity index (χ1) is 9.95. The second-order valence-electron chi connectivity index (χ2n) is 6.14. The predicted molar refractivity (Wildman–Crippen MR) is 85.2 cm³/mol. The minimum atomic E-state index is -0.502. The zero-order valence-corrected chi connectivity index (χ0v) is 13.0. The number of aryl methyl sites for hydroxylation is 1. The summed E-state index contributed by atoms with van der Waals surface area (Å²) in [4.78, 5) is 17.0. The summed E-state index contributed by atoms with van der Waals surface area (Å²) in [5.41, 5.74) is 1.89. The van der Waals surface area contributed by atoms with Crippen molar-refractivity contribution in [2.75, 3.05) is 13.7 Å². The number of H-pyrrole nitrogens is 1. The number of nitrogens with zero attached hydrogens (tertiary/aromatic N) is 1. The molecule has 0 aliphatic heterocycles. The van der Waals surface area contributed by atoms with Crippen LogP contribution in [-0.2, 0) is 11.2 Å². The van der Waals surface area contributed by atoms with E-state index >= 15 is 0 Å². The number of carbonyl (C=O) groups is 1. The van der Waals surface area contributed by atoms with Crippen LogP contribution in [0.2, 0.25) is 0 Å². The standard InChI is InChI=1S/C17H24N2O2/c1-17(2,12-20)19(3)16(21)10-6-7-13-11-18-15-9-5-4-8-14(13)15/h4-5,8-9,11,18,20H,6-7,10,12H2,1-3H3. The largest absolute Gasteiger partial charge is 0.394 e. The second kappa shape index (κ2) is 6.31. The fraction of sp³-hybridized carbons (Fsp3) is 0.471. The van der Waals surface area contributed by atoms with Crippen molar-refractivity contribution in [3.8, 4) is 0 Å². The van der Waals surface area contributed by atoms with Gasteiger partial charge in [0.05, 0.1) is 12.1 Å². The van der Waals surface area contributed by atoms with Crippen LogP contribution in [0, 0.1) is 0 Å². The topological polar surface area (TPSA) is 56.3 Å². The third-order valence-electron chi connectivity index (χ3n) is 4.18. The fourth-order valence-electron chi connectivity index (χ4n) is 2.38. The predicted octanol–water partition coefficient (Wildman–Crippen LogP) is 2.72. The van der Waals surface area contributed by atoms with Crippen molar-refractivity contribution in [3.05, 3.63) is 36.0 Å². The monoisotopic (exact) mass is 288 g/mol. The Kier molecular flexibility index (Phi) is 4.68. The van der Waals surface area contributed by atoms with Crippen LogP contribution in [0.1, 0.15) is 32.3 Å². The molecule has 0 aliphatic rings. The van der Waals surface area contributed by atoms with Gasteiger partial charge in [0.15, 0.2) is 0 Å². The lowest BCUT2D eigenvalue weighted by Gasteiger charge is -2.34. The zero-order chi connectivity index (χ0) is 15.5. The summed E-state index contributed by atoms with van der Waals surface area (Å²) in [5.74, 6) is 0.0777. The Bertz CT molecular complexity index is 616. The van der Waals surface area contributed by atoms with Gasteiger partial charge < -0.3 is 15.0 Å². The Morgan fingerprint density at radius 1 is 1.33 bits per heavy atom. The van der Waals surface area contributed by atoms with Crippen LogP contribution in [0.4, 0.5) is 0 Å². The number of benzene rings is 1. The lowest BCUT2D eigenvalue weighted by Crippen LogP contribution is -2.47. The minimum Gasteiger partial charge on any atom is -0.394 e. The fourth-order valence-corrected chi connectivity index (χ4v) is 2.38. The molecule has 2 N–H and O–H groups in total. The van der Waals surface area contributed by atoms with Crippen molar-refractivity contribution in [1.82, 2.24) is 9.88 Å². The highest BCUT2D eigenvalue weighted by Crippen LogP contribution is 2.20. The van der Waals surface area contributed by atoms with Crippen molar-refractivity contribution in [2.45, 2.75) is 38.6 Å². The van der Waals surface area contributed by atoms with Crippen molar-refractivity contribution >= 4 is 16.8 Å². The summed E-state index contributed by atoms with van der Waals surface area (Å²) in [6.07, 6.45) is 4.21. The number of para-hydroxylation sites is 1. The summed E-state index contributed by atoms with van der Waals surface area (Å²) in [7, 11) is 1.75. The number of amides is 1. The molecule has 4 heteroatoms. The van der Waals surface area contributed by atoms with E-state index in [0.29, 0.717) is 6.42 Å². The number of hydrogen-bond donors (Lipinski definition) is 2. The first kappa shape index (κ1) is 15.6. The summed E-state index contributed by atoms with van der Waals surface area (Å²) < 4.78 is 0. The number of aliphatic hydroxyl groups excluding tert-OH is 1. The van der Waals surface area contributed by atoms with Crippen LogP contribution < -0.4 is 0 Å². The molecular weight excluding hydrogens is 264 g/mol. The minimum absolute atomic E-state index is 0.0301. The molecule has 1 heterocycles. The van der Waals surface area contributed by atoms with Gasteiger partial charge in [-0.2, -0.15) is 0 Å². The molecule has 0 atom stereocenters. The van der Waals surface area contributed by atoms with E-state index in [9.17, 15) is 9.90 Å². The number of fused-ring (bicyclic) bond motifs is 1. The number of likely N-dealkylation sites (N-methyl/N-ethyl adjacent to an activating group) is 1. The van der Waals surface area contributed by atoms with Crippen LogP contribution in [0.25, 0.3) is 10.9 Å². The normalized spacial score (nSPS) is 11.8. The molecule has 0 aliphatic carbocycles. The Morgan fingerprint density at radius 2 is 2.05 bits per heavy atom. The van der Waals surface area contributed by atoms with Gasteiger partial charge in [0.2, 0.25) is 5.91 Å². The molecule has 1 aromatic carbocycles. The van der Waals surface area contributed by atoms with Gasteiger partial charge >= 0.3 is 0 Å². The molecule has 4 nitrogen and oxygen atoms in total. The molecule has 21 heavy (non-hydrogen) atoms. The molecule has 0 bridgehead atoms. The molecule has 0 unspecified atom stereocenters. The molecule has 0 radical (unpaired) electrons. The van der Waals surface area contributed by atoms with E-state index in [1.54, 1.807) is 11.9 Å². The SMILES string of the molecule is CN(C(=O)CCCc1c[nH]c2ccccc12)C(C)(C)CO. The van der Waals surface area contributed by atoms with E-state index in [0.717, 1.165) is 18.4 Å². The maximum atomic E-state index is 12.1. The van der Waals surface area contributed by atoms with Crippen LogP contribution >= 0.6 is 0 Å². The molecule has 114 valence electrons. The first-order valence-corrected chi connectivity index (χ1v) is 7.38. The van der Waals surface area contributed by atoms with E-state index in [1.807, 2.05) is 32.2 Å². The second-order valence-corrected chi connectivity index (χ2v) is 6.14. The van der Waals surface area contributed by atoms with Gasteiger partial charge in [0, 0.05) is 30.6 Å². The van der Waals surface area contributed by atoms with Crippen molar-refractivity contribution in [3.63, 3.8) is 0 Å². The number of nitrogens with one attached hydrogen (secondary N) is 1. The highest BCUT2D eigenvalue weighted by atomic mass is 16.3. The average Bonchev–Trinajstić information content (AvgIpc) is 2.90. The molecule has 2 rings (SSSR count). The average molecular weight is 288 g/mol. The van der Waals surface area contributed by atoms with Gasteiger partial charge in [-0.3, -0.25) is 4.79 Å². The highest BCUT2D eigenvalue weighted by molar-refractivity contribution is 5.83. The summed E-state index contributed by atoms with van der Waals surface area (Å²) >= 11 is 0. The third-order valence-corrected chi connectivity index (χ3v) is 4.18. The van der Waals surface area contributed by atoms with E-state index < -0.39 is 5.54 Å². The molecule has 0 saturated heterocycles. The van der Waals surface area contributed by atoms with E-state index in [2.05, 4.69) is 17.1 Å². The van der Waals surface area contributed by atoms with E-state index in [1.165, 1.54) is 10.9 Å². The quantitative estimate of drug-likeness (QED) is 0.858. The van der Waals surface area contributed by atoms with Crippen molar-refractivity contribution in [1.29, 1.82) is 0 Å². The maximum absolute atomic E-state index is 12.1. The molecule has 2 aromatic rings. The number of rotatable bonds is 6. The lowest BCUT2D eigenvalue weighted by molar-refractivity contribution is -0.136. The van der Waals surface area contributed by atoms with Gasteiger partial charge in [-0.1, -0.05) is 18.2 Å². The van der Waals surface area contributed by atoms with E-state index in [4.69, 9.17) is 0 Å². The van der Waals surface area contributed by atoms with Crippen LogP contribution in [0.5, 0.6) is 0 Å². The number of aromatic amines is 1. The van der Waals surface area contributed by atoms with Crippen LogP contribution in [0.15, 0.2) is 30.5 Å². The maximum Gasteiger partial charge on any atom is 0.222 e. The number of aromatic nitrogens is 1. The number of aliphatic hydroxyl groups is 1. The lowest BCUT2D eigenvalue weighted by atomic mass is 10.0. The van der Waals surface area contributed by atoms with Crippen LogP contribution in [-0.4, -0.2) is 40.1 Å². The molecule has 1 amide bonds. The highest BCUT2D eigenvalue weighted by Gasteiger charge is 2.26. The van der Waals surface area contributed by atoms with Gasteiger partial charge in [0.25, 0.3) is 0 Å². The summed E-state index contributed by atoms with van der Waals surface area (Å²) in [6, 6.07) is 8.20. The van der Waals surface area contributed by atoms with E-state index in [-0.39, 0.29) is 12.5 Å². The molecule has 0 fully saturated rings. The smallest absolute Gasteiger partial charge is 0.222 e. The molecule has 1 aromatic heterocycles. The number of carbonyl (C=O) groups excluding carboxylic acids is 1. The van der Waals surface area contributed by atoms with Gasteiger partial charge in [-0.15, -0.1) is 0 Å². The van der Waals surface area contributed by atoms with Gasteiger partial charge in [-0.05, 0) is 38.3 Å².